The molecule has 0 radical (unpaired) electrons. The van der Waals surface area contributed by atoms with E-state index in [1.54, 1.807) is 0 Å². The van der Waals surface area contributed by atoms with Crippen LogP contribution >= 0.6 is 0 Å². The molecule has 1 aromatic rings. The third kappa shape index (κ3) is 6.45. The Hall–Kier alpha value is -1.71. The fourth-order valence-electron chi connectivity index (χ4n) is 1.69. The first-order valence-electron chi connectivity index (χ1n) is 7.08. The van der Waals surface area contributed by atoms with Gasteiger partial charge < -0.3 is 15.4 Å². The number of ether oxygens (including phenoxy) is 1. The number of hydrogen-bond donors (Lipinski definition) is 2. The summed E-state index contributed by atoms with van der Waals surface area (Å²) in [6.45, 7) is 11.1. The molecule has 0 spiro atoms. The lowest BCUT2D eigenvalue weighted by atomic mass is 10.0. The van der Waals surface area contributed by atoms with Gasteiger partial charge in [0.05, 0.1) is 0 Å². The highest BCUT2D eigenvalue weighted by atomic mass is 16.6. The topological polar surface area (TPSA) is 50.4 Å². The number of anilines is 1. The SMILES string of the molecule is CC(C)c1cccc(NCCNC(=O)OC(C)(C)C)c1. The Morgan fingerprint density at radius 2 is 1.95 bits per heavy atom. The second-order valence-electron chi connectivity index (χ2n) is 6.14. The average Bonchev–Trinajstić information content (AvgIpc) is 2.33. The second kappa shape index (κ2) is 7.17. The van der Waals surface area contributed by atoms with Gasteiger partial charge in [0.1, 0.15) is 5.60 Å². The molecular weight excluding hydrogens is 252 g/mol. The summed E-state index contributed by atoms with van der Waals surface area (Å²) in [5.74, 6) is 0.511. The van der Waals surface area contributed by atoms with Gasteiger partial charge in [0.2, 0.25) is 0 Å². The van der Waals surface area contributed by atoms with Crippen molar-refractivity contribution < 1.29 is 9.53 Å². The Morgan fingerprint density at radius 1 is 1.25 bits per heavy atom. The molecule has 0 aliphatic heterocycles. The summed E-state index contributed by atoms with van der Waals surface area (Å²) in [6, 6.07) is 8.32. The summed E-state index contributed by atoms with van der Waals surface area (Å²) in [4.78, 5) is 11.5. The van der Waals surface area contributed by atoms with Crippen molar-refractivity contribution in [1.29, 1.82) is 0 Å². The van der Waals surface area contributed by atoms with E-state index >= 15 is 0 Å². The fourth-order valence-corrected chi connectivity index (χ4v) is 1.69. The Balaban J connectivity index is 2.31. The zero-order valence-corrected chi connectivity index (χ0v) is 13.1. The molecule has 0 bridgehead atoms. The fraction of sp³-hybridized carbons (Fsp3) is 0.562. The third-order valence-electron chi connectivity index (χ3n) is 2.68. The van der Waals surface area contributed by atoms with Crippen LogP contribution in [0.15, 0.2) is 24.3 Å². The molecule has 0 aromatic heterocycles. The van der Waals surface area contributed by atoms with Crippen LogP contribution in [0.2, 0.25) is 0 Å². The van der Waals surface area contributed by atoms with Gasteiger partial charge in [-0.3, -0.25) is 0 Å². The van der Waals surface area contributed by atoms with Crippen molar-refractivity contribution in [2.45, 2.75) is 46.1 Å². The molecule has 1 amide bonds. The van der Waals surface area contributed by atoms with Crippen molar-refractivity contribution in [2.75, 3.05) is 18.4 Å². The van der Waals surface area contributed by atoms with Crippen LogP contribution in [0.4, 0.5) is 10.5 Å². The molecule has 1 rings (SSSR count). The third-order valence-corrected chi connectivity index (χ3v) is 2.68. The van der Waals surface area contributed by atoms with E-state index in [1.807, 2.05) is 32.9 Å². The van der Waals surface area contributed by atoms with Crippen LogP contribution in [-0.2, 0) is 4.74 Å². The number of hydrogen-bond acceptors (Lipinski definition) is 3. The summed E-state index contributed by atoms with van der Waals surface area (Å²) < 4.78 is 5.16. The average molecular weight is 278 g/mol. The molecule has 0 saturated carbocycles. The molecular formula is C16H26N2O2. The first kappa shape index (κ1) is 16.3. The van der Waals surface area contributed by atoms with Gasteiger partial charge >= 0.3 is 6.09 Å². The van der Waals surface area contributed by atoms with Crippen LogP contribution in [0.1, 0.15) is 46.1 Å². The van der Waals surface area contributed by atoms with E-state index in [-0.39, 0.29) is 6.09 Å². The Bertz CT molecular complexity index is 436. The summed E-state index contributed by atoms with van der Waals surface area (Å²) in [5, 5.41) is 6.01. The van der Waals surface area contributed by atoms with Crippen LogP contribution in [-0.4, -0.2) is 24.8 Å². The van der Waals surface area contributed by atoms with Crippen molar-refractivity contribution >= 4 is 11.8 Å². The number of nitrogens with one attached hydrogen (secondary N) is 2. The lowest BCUT2D eigenvalue weighted by molar-refractivity contribution is 0.0530. The molecule has 4 heteroatoms. The first-order valence-corrected chi connectivity index (χ1v) is 7.08. The maximum Gasteiger partial charge on any atom is 0.407 e. The molecule has 0 heterocycles. The standard InChI is InChI=1S/C16H26N2O2/c1-12(2)13-7-6-8-14(11-13)17-9-10-18-15(19)20-16(3,4)5/h6-8,11-12,17H,9-10H2,1-5H3,(H,18,19). The number of carbonyl (C=O) groups excluding carboxylic acids is 1. The molecule has 4 nitrogen and oxygen atoms in total. The number of rotatable bonds is 5. The zero-order valence-electron chi connectivity index (χ0n) is 13.1. The van der Waals surface area contributed by atoms with Gasteiger partial charge in [-0.25, -0.2) is 4.79 Å². The zero-order chi connectivity index (χ0) is 15.2. The minimum Gasteiger partial charge on any atom is -0.444 e. The van der Waals surface area contributed by atoms with Crippen molar-refractivity contribution in [3.05, 3.63) is 29.8 Å². The van der Waals surface area contributed by atoms with Gasteiger partial charge in [0.25, 0.3) is 0 Å². The monoisotopic (exact) mass is 278 g/mol. The normalized spacial score (nSPS) is 11.3. The van der Waals surface area contributed by atoms with E-state index in [1.165, 1.54) is 5.56 Å². The van der Waals surface area contributed by atoms with Crippen molar-refractivity contribution in [1.82, 2.24) is 5.32 Å². The number of amides is 1. The summed E-state index contributed by atoms with van der Waals surface area (Å²) >= 11 is 0. The molecule has 1 aromatic carbocycles. The number of benzene rings is 1. The van der Waals surface area contributed by atoms with Gasteiger partial charge in [-0.2, -0.15) is 0 Å². The molecule has 0 aliphatic carbocycles. The van der Waals surface area contributed by atoms with Crippen LogP contribution in [0, 0.1) is 0 Å². The Labute approximate surface area is 121 Å². The quantitative estimate of drug-likeness (QED) is 0.807. The van der Waals surface area contributed by atoms with Crippen molar-refractivity contribution in [3.63, 3.8) is 0 Å². The van der Waals surface area contributed by atoms with E-state index in [9.17, 15) is 4.79 Å². The van der Waals surface area contributed by atoms with Crippen LogP contribution in [0.25, 0.3) is 0 Å². The second-order valence-corrected chi connectivity index (χ2v) is 6.14. The minimum atomic E-state index is -0.455. The maximum absolute atomic E-state index is 11.5. The molecule has 0 aliphatic rings. The molecule has 2 N–H and O–H groups in total. The van der Waals surface area contributed by atoms with E-state index < -0.39 is 5.60 Å². The van der Waals surface area contributed by atoms with Gasteiger partial charge in [0.15, 0.2) is 0 Å². The number of alkyl carbamates (subject to hydrolysis) is 1. The Kier molecular flexibility index (Phi) is 5.86. The van der Waals surface area contributed by atoms with E-state index in [0.29, 0.717) is 19.0 Å². The molecule has 20 heavy (non-hydrogen) atoms. The lowest BCUT2D eigenvalue weighted by Crippen LogP contribution is -2.34. The summed E-state index contributed by atoms with van der Waals surface area (Å²) in [6.07, 6.45) is -0.379. The van der Waals surface area contributed by atoms with Crippen LogP contribution in [0.3, 0.4) is 0 Å². The van der Waals surface area contributed by atoms with Gasteiger partial charge in [-0.15, -0.1) is 0 Å². The first-order chi connectivity index (χ1) is 9.28. The highest BCUT2D eigenvalue weighted by Gasteiger charge is 2.15. The molecule has 0 saturated heterocycles. The number of carbonyl (C=O) groups is 1. The van der Waals surface area contributed by atoms with Crippen molar-refractivity contribution in [2.24, 2.45) is 0 Å². The molecule has 0 atom stereocenters. The molecule has 0 fully saturated rings. The summed E-state index contributed by atoms with van der Waals surface area (Å²) in [7, 11) is 0. The highest BCUT2D eigenvalue weighted by Crippen LogP contribution is 2.18. The van der Waals surface area contributed by atoms with E-state index in [4.69, 9.17) is 4.74 Å². The van der Waals surface area contributed by atoms with Crippen LogP contribution < -0.4 is 10.6 Å². The largest absolute Gasteiger partial charge is 0.444 e. The van der Waals surface area contributed by atoms with Crippen molar-refractivity contribution in [3.8, 4) is 0 Å². The highest BCUT2D eigenvalue weighted by molar-refractivity contribution is 5.67. The lowest BCUT2D eigenvalue weighted by Gasteiger charge is -2.19. The van der Waals surface area contributed by atoms with Gasteiger partial charge in [0, 0.05) is 18.8 Å². The summed E-state index contributed by atoms with van der Waals surface area (Å²) in [5.41, 5.74) is 1.92. The Morgan fingerprint density at radius 3 is 2.55 bits per heavy atom. The van der Waals surface area contributed by atoms with E-state index in [2.05, 4.69) is 36.6 Å². The smallest absolute Gasteiger partial charge is 0.407 e. The minimum absolute atomic E-state index is 0.379. The van der Waals surface area contributed by atoms with Crippen LogP contribution in [0.5, 0.6) is 0 Å². The predicted molar refractivity (Wildman–Crippen MR) is 83.3 cm³/mol. The molecule has 0 unspecified atom stereocenters. The van der Waals surface area contributed by atoms with Gasteiger partial charge in [-0.1, -0.05) is 26.0 Å². The molecule has 112 valence electrons. The van der Waals surface area contributed by atoms with E-state index in [0.717, 1.165) is 5.69 Å². The maximum atomic E-state index is 11.5. The van der Waals surface area contributed by atoms with Gasteiger partial charge in [-0.05, 0) is 44.4 Å². The predicted octanol–water partition coefficient (Wildman–Crippen LogP) is 3.75.